The second-order valence-corrected chi connectivity index (χ2v) is 8.33. The third-order valence-corrected chi connectivity index (χ3v) is 5.69. The summed E-state index contributed by atoms with van der Waals surface area (Å²) in [6.45, 7) is 12.5. The van der Waals surface area contributed by atoms with Gasteiger partial charge in [0.05, 0.1) is 23.4 Å². The number of aliphatic hydroxyl groups excluding tert-OH is 1. The van der Waals surface area contributed by atoms with Crippen LogP contribution in [-0.2, 0) is 4.74 Å². The Hall–Kier alpha value is -0.640. The van der Waals surface area contributed by atoms with Crippen molar-refractivity contribution >= 4 is 0 Å². The molecule has 23 heavy (non-hydrogen) atoms. The average Bonchev–Trinajstić information content (AvgIpc) is 3.11. The van der Waals surface area contributed by atoms with Gasteiger partial charge in [0.2, 0.25) is 0 Å². The Bertz CT molecular complexity index is 452. The van der Waals surface area contributed by atoms with Crippen molar-refractivity contribution in [1.29, 1.82) is 0 Å². The first-order valence-corrected chi connectivity index (χ1v) is 9.08. The van der Waals surface area contributed by atoms with Gasteiger partial charge in [-0.25, -0.2) is 0 Å². The van der Waals surface area contributed by atoms with Gasteiger partial charge in [0.1, 0.15) is 0 Å². The van der Waals surface area contributed by atoms with Gasteiger partial charge in [0.25, 0.3) is 0 Å². The van der Waals surface area contributed by atoms with Crippen molar-refractivity contribution in [3.05, 3.63) is 24.3 Å². The van der Waals surface area contributed by atoms with Crippen LogP contribution in [0.5, 0.6) is 0 Å². The van der Waals surface area contributed by atoms with E-state index in [2.05, 4.69) is 33.4 Å². The first kappa shape index (κ1) is 18.7. The van der Waals surface area contributed by atoms with Gasteiger partial charge in [0, 0.05) is 0 Å². The summed E-state index contributed by atoms with van der Waals surface area (Å²) in [5.74, 6) is 0.993. The summed E-state index contributed by atoms with van der Waals surface area (Å²) in [4.78, 5) is 0. The van der Waals surface area contributed by atoms with E-state index in [-0.39, 0.29) is 5.60 Å². The molecule has 0 aromatic rings. The minimum atomic E-state index is -0.874. The number of rotatable bonds is 1. The molecule has 0 radical (unpaired) electrons. The highest BCUT2D eigenvalue weighted by Gasteiger charge is 2.51. The molecule has 0 spiro atoms. The zero-order valence-corrected chi connectivity index (χ0v) is 15.2. The second-order valence-electron chi connectivity index (χ2n) is 8.33. The normalized spacial score (nSPS) is 43.1. The van der Waals surface area contributed by atoms with Gasteiger partial charge in [-0.05, 0) is 69.8 Å². The molecule has 1 heterocycles. The van der Waals surface area contributed by atoms with E-state index in [0.717, 1.165) is 31.3 Å². The van der Waals surface area contributed by atoms with Crippen LogP contribution in [0.2, 0.25) is 0 Å². The van der Waals surface area contributed by atoms with Crippen molar-refractivity contribution in [3.8, 4) is 0 Å². The lowest BCUT2D eigenvalue weighted by molar-refractivity contribution is 0.0792. The second kappa shape index (κ2) is 7.08. The zero-order valence-electron chi connectivity index (χ0n) is 15.2. The van der Waals surface area contributed by atoms with Gasteiger partial charge in [0.15, 0.2) is 0 Å². The molecule has 2 aliphatic rings. The lowest BCUT2D eigenvalue weighted by atomic mass is 9.84. The lowest BCUT2D eigenvalue weighted by Crippen LogP contribution is -2.25. The Labute approximate surface area is 141 Å². The van der Waals surface area contributed by atoms with Gasteiger partial charge < -0.3 is 14.9 Å². The quantitative estimate of drug-likeness (QED) is 0.567. The van der Waals surface area contributed by atoms with E-state index >= 15 is 0 Å². The van der Waals surface area contributed by atoms with Gasteiger partial charge in [-0.2, -0.15) is 0 Å². The van der Waals surface area contributed by atoms with Gasteiger partial charge in [-0.3, -0.25) is 0 Å². The maximum Gasteiger partial charge on any atom is 0.0920 e. The molecule has 2 rings (SSSR count). The van der Waals surface area contributed by atoms with E-state index < -0.39 is 11.7 Å². The molecule has 0 saturated carbocycles. The highest BCUT2D eigenvalue weighted by atomic mass is 16.6. The standard InChI is InChI=1S/C20H34O3/c1-14(2)16-8-11-19(4,22)12-10-17(21)15(3)6-7-18-20(5,23-18)13-9-16/h8,11,14,16-18,21-22H,3,6-7,9-10,12-13H2,1-2,4-5H3/t16-,17+,18-,19-,20-/m0/s1. The summed E-state index contributed by atoms with van der Waals surface area (Å²) in [6, 6.07) is 0. The van der Waals surface area contributed by atoms with E-state index in [0.29, 0.717) is 30.8 Å². The fraction of sp³-hybridized carbons (Fsp3) is 0.800. The van der Waals surface area contributed by atoms with Gasteiger partial charge in [-0.15, -0.1) is 0 Å². The predicted molar refractivity (Wildman–Crippen MR) is 94.2 cm³/mol. The molecule has 3 heteroatoms. The molecule has 2 N–H and O–H groups in total. The molecule has 1 aliphatic heterocycles. The fourth-order valence-electron chi connectivity index (χ4n) is 3.51. The SMILES string of the molecule is C=C1CC[C@@H]2O[C@@]2(C)CC[C@@H](C(C)C)C=C[C@](C)(O)CC[C@H]1O. The Morgan fingerprint density at radius 1 is 1.22 bits per heavy atom. The number of epoxide rings is 1. The molecule has 1 aliphatic carbocycles. The largest absolute Gasteiger partial charge is 0.389 e. The van der Waals surface area contributed by atoms with Gasteiger partial charge >= 0.3 is 0 Å². The van der Waals surface area contributed by atoms with Crippen LogP contribution in [0.15, 0.2) is 24.3 Å². The van der Waals surface area contributed by atoms with Crippen molar-refractivity contribution < 1.29 is 14.9 Å². The number of aliphatic hydroxyl groups is 2. The van der Waals surface area contributed by atoms with Crippen molar-refractivity contribution in [3.63, 3.8) is 0 Å². The van der Waals surface area contributed by atoms with Crippen molar-refractivity contribution in [1.82, 2.24) is 0 Å². The van der Waals surface area contributed by atoms with Crippen LogP contribution < -0.4 is 0 Å². The van der Waals surface area contributed by atoms with Gasteiger partial charge in [-0.1, -0.05) is 32.6 Å². The molecule has 132 valence electrons. The Balaban J connectivity index is 2.12. The van der Waals surface area contributed by atoms with Crippen LogP contribution in [-0.4, -0.2) is 33.6 Å². The predicted octanol–water partition coefficient (Wildman–Crippen LogP) is 3.99. The molecule has 0 amide bonds. The topological polar surface area (TPSA) is 53.0 Å². The maximum absolute atomic E-state index is 10.5. The summed E-state index contributed by atoms with van der Waals surface area (Å²) in [6.07, 6.45) is 8.81. The maximum atomic E-state index is 10.5. The Morgan fingerprint density at radius 3 is 2.57 bits per heavy atom. The molecule has 1 saturated heterocycles. The number of ether oxygens (including phenoxy) is 1. The first-order valence-electron chi connectivity index (χ1n) is 9.08. The molecule has 5 atom stereocenters. The summed E-state index contributed by atoms with van der Waals surface area (Å²) in [7, 11) is 0. The van der Waals surface area contributed by atoms with E-state index in [1.807, 2.05) is 13.0 Å². The monoisotopic (exact) mass is 322 g/mol. The number of hydrogen-bond acceptors (Lipinski definition) is 3. The molecule has 0 aromatic carbocycles. The molecule has 0 aromatic heterocycles. The molecule has 0 bridgehead atoms. The number of allylic oxidation sites excluding steroid dienone is 1. The van der Waals surface area contributed by atoms with Crippen LogP contribution >= 0.6 is 0 Å². The summed E-state index contributed by atoms with van der Waals surface area (Å²) >= 11 is 0. The minimum Gasteiger partial charge on any atom is -0.389 e. The van der Waals surface area contributed by atoms with Crippen LogP contribution in [0.25, 0.3) is 0 Å². The fourth-order valence-corrected chi connectivity index (χ4v) is 3.51. The van der Waals surface area contributed by atoms with Crippen LogP contribution in [0.3, 0.4) is 0 Å². The molecule has 1 fully saturated rings. The lowest BCUT2D eigenvalue weighted by Gasteiger charge is -2.25. The van der Waals surface area contributed by atoms with Crippen LogP contribution in [0, 0.1) is 11.8 Å². The molecular formula is C20H34O3. The zero-order chi connectivity index (χ0) is 17.3. The van der Waals surface area contributed by atoms with Crippen LogP contribution in [0.4, 0.5) is 0 Å². The van der Waals surface area contributed by atoms with E-state index in [1.54, 1.807) is 0 Å². The third kappa shape index (κ3) is 5.17. The highest BCUT2D eigenvalue weighted by molar-refractivity contribution is 5.09. The van der Waals surface area contributed by atoms with Crippen molar-refractivity contribution in [2.75, 3.05) is 0 Å². The first-order chi connectivity index (χ1) is 10.6. The van der Waals surface area contributed by atoms with E-state index in [1.165, 1.54) is 0 Å². The van der Waals surface area contributed by atoms with Crippen LogP contribution in [0.1, 0.15) is 66.2 Å². The number of fused-ring (bicyclic) bond motifs is 1. The number of hydrogen-bond donors (Lipinski definition) is 2. The molecule has 3 nitrogen and oxygen atoms in total. The highest BCUT2D eigenvalue weighted by Crippen LogP contribution is 2.45. The third-order valence-electron chi connectivity index (χ3n) is 5.69. The summed E-state index contributed by atoms with van der Waals surface area (Å²) in [5, 5.41) is 20.8. The van der Waals surface area contributed by atoms with E-state index in [9.17, 15) is 10.2 Å². The smallest absolute Gasteiger partial charge is 0.0920 e. The van der Waals surface area contributed by atoms with Crippen molar-refractivity contribution in [2.45, 2.75) is 89.6 Å². The average molecular weight is 322 g/mol. The summed E-state index contributed by atoms with van der Waals surface area (Å²) in [5.41, 5.74) is -0.0281. The summed E-state index contributed by atoms with van der Waals surface area (Å²) < 4.78 is 5.94. The van der Waals surface area contributed by atoms with E-state index in [4.69, 9.17) is 4.74 Å². The minimum absolute atomic E-state index is 0.0150. The molecule has 0 unspecified atom stereocenters. The van der Waals surface area contributed by atoms with Crippen molar-refractivity contribution in [2.24, 2.45) is 11.8 Å². The Morgan fingerprint density at radius 2 is 1.91 bits per heavy atom. The Kier molecular flexibility index (Phi) is 5.76. The molecular weight excluding hydrogens is 288 g/mol.